The zero-order chi connectivity index (χ0) is 24.7. The highest BCUT2D eigenvalue weighted by Gasteiger charge is 2.44. The highest BCUT2D eigenvalue weighted by molar-refractivity contribution is 7.89. The standard InChI is InChI=1S/C25H35F2N3O3S/c1-17-7-4-5-8-20(17)23-22(11-10-18(2)28-23)34(32,33)30-16-6-9-21(30)24(31)29(3)19-12-14-25(26,27)15-13-19/h10-11,19,21H,4-9,12-16H2,1-3H3/t21-/m0/s1. The lowest BCUT2D eigenvalue weighted by Gasteiger charge is -2.37. The molecule has 2 fully saturated rings. The number of nitrogens with zero attached hydrogens (tertiary/aromatic N) is 3. The molecule has 1 aromatic heterocycles. The molecule has 34 heavy (non-hydrogen) atoms. The second-order valence-corrected chi connectivity index (χ2v) is 11.9. The molecule has 0 unspecified atom stereocenters. The minimum absolute atomic E-state index is 0.161. The van der Waals surface area contributed by atoms with Crippen LogP contribution in [0, 0.1) is 6.92 Å². The third-order valence-corrected chi connectivity index (χ3v) is 9.62. The zero-order valence-corrected chi connectivity index (χ0v) is 21.1. The van der Waals surface area contributed by atoms with Crippen LogP contribution in [0.3, 0.4) is 0 Å². The molecule has 1 aliphatic heterocycles. The molecular formula is C25H35F2N3O3S. The van der Waals surface area contributed by atoms with Crippen molar-refractivity contribution in [3.63, 3.8) is 0 Å². The van der Waals surface area contributed by atoms with E-state index in [0.717, 1.165) is 37.0 Å². The van der Waals surface area contributed by atoms with Crippen LogP contribution in [0.25, 0.3) is 5.57 Å². The number of aryl methyl sites for hydroxylation is 1. The van der Waals surface area contributed by atoms with Gasteiger partial charge >= 0.3 is 0 Å². The minimum Gasteiger partial charge on any atom is -0.341 e. The summed E-state index contributed by atoms with van der Waals surface area (Å²) in [5, 5.41) is 0. The Balaban J connectivity index is 1.62. The molecule has 2 aliphatic carbocycles. The van der Waals surface area contributed by atoms with Crippen molar-refractivity contribution in [1.82, 2.24) is 14.2 Å². The first-order valence-electron chi connectivity index (χ1n) is 12.3. The normalized spacial score (nSPS) is 24.4. The maximum Gasteiger partial charge on any atom is 0.248 e. The van der Waals surface area contributed by atoms with Crippen molar-refractivity contribution >= 4 is 21.5 Å². The van der Waals surface area contributed by atoms with E-state index in [4.69, 9.17) is 0 Å². The molecule has 0 spiro atoms. The van der Waals surface area contributed by atoms with E-state index in [0.29, 0.717) is 18.5 Å². The molecule has 1 aromatic rings. The van der Waals surface area contributed by atoms with Gasteiger partial charge in [0.15, 0.2) is 0 Å². The Morgan fingerprint density at radius 1 is 1.09 bits per heavy atom. The maximum atomic E-state index is 13.9. The first-order valence-corrected chi connectivity index (χ1v) is 13.8. The van der Waals surface area contributed by atoms with E-state index in [2.05, 4.69) is 4.98 Å². The van der Waals surface area contributed by atoms with Crippen molar-refractivity contribution < 1.29 is 22.0 Å². The highest BCUT2D eigenvalue weighted by atomic mass is 32.2. The van der Waals surface area contributed by atoms with Gasteiger partial charge in [0.25, 0.3) is 0 Å². The van der Waals surface area contributed by atoms with Gasteiger partial charge < -0.3 is 4.90 Å². The van der Waals surface area contributed by atoms with Crippen LogP contribution in [-0.4, -0.2) is 60.1 Å². The van der Waals surface area contributed by atoms with Gasteiger partial charge in [-0.2, -0.15) is 4.31 Å². The van der Waals surface area contributed by atoms with Crippen LogP contribution in [0.4, 0.5) is 8.78 Å². The molecule has 3 aliphatic rings. The van der Waals surface area contributed by atoms with Crippen molar-refractivity contribution in [3.05, 3.63) is 29.1 Å². The average Bonchev–Trinajstić information content (AvgIpc) is 3.29. The van der Waals surface area contributed by atoms with Crippen LogP contribution in [-0.2, 0) is 14.8 Å². The van der Waals surface area contributed by atoms with E-state index in [1.807, 2.05) is 13.8 Å². The maximum absolute atomic E-state index is 13.9. The number of hydrogen-bond donors (Lipinski definition) is 0. The number of rotatable bonds is 5. The third-order valence-electron chi connectivity index (χ3n) is 7.68. The third kappa shape index (κ3) is 4.91. The number of carbonyl (C=O) groups excluding carboxylic acids is 1. The Morgan fingerprint density at radius 2 is 1.76 bits per heavy atom. The van der Waals surface area contributed by atoms with Gasteiger partial charge in [0, 0.05) is 38.2 Å². The summed E-state index contributed by atoms with van der Waals surface area (Å²) < 4.78 is 56.3. The Labute approximate surface area is 201 Å². The molecule has 1 atom stereocenters. The van der Waals surface area contributed by atoms with Crippen LogP contribution < -0.4 is 0 Å². The number of halogens is 2. The monoisotopic (exact) mass is 495 g/mol. The van der Waals surface area contributed by atoms with Crippen molar-refractivity contribution in [3.8, 4) is 0 Å². The number of hydrogen-bond acceptors (Lipinski definition) is 4. The van der Waals surface area contributed by atoms with E-state index in [9.17, 15) is 22.0 Å². The zero-order valence-electron chi connectivity index (χ0n) is 20.3. The average molecular weight is 496 g/mol. The van der Waals surface area contributed by atoms with Gasteiger partial charge in [-0.25, -0.2) is 17.2 Å². The Hall–Kier alpha value is -1.87. The highest BCUT2D eigenvalue weighted by Crippen LogP contribution is 2.38. The quantitative estimate of drug-likeness (QED) is 0.581. The van der Waals surface area contributed by atoms with Crippen LogP contribution in [0.2, 0.25) is 0 Å². The Bertz CT molecular complexity index is 1080. The largest absolute Gasteiger partial charge is 0.341 e. The second-order valence-electron chi connectivity index (χ2n) is 10.1. The molecule has 0 N–H and O–H groups in total. The molecule has 9 heteroatoms. The summed E-state index contributed by atoms with van der Waals surface area (Å²) in [5.41, 5.74) is 3.43. The number of aromatic nitrogens is 1. The SMILES string of the molecule is CC1=C(c2nc(C)ccc2S(=O)(=O)N2CCC[C@H]2C(=O)N(C)C2CCC(F)(F)CC2)CCCC1. The van der Waals surface area contributed by atoms with Crippen molar-refractivity contribution in [1.29, 1.82) is 0 Å². The van der Waals surface area contributed by atoms with Gasteiger partial charge in [-0.05, 0) is 82.9 Å². The van der Waals surface area contributed by atoms with E-state index < -0.39 is 22.0 Å². The van der Waals surface area contributed by atoms with E-state index in [-0.39, 0.29) is 49.1 Å². The molecule has 0 aromatic carbocycles. The molecule has 0 radical (unpaired) electrons. The van der Waals surface area contributed by atoms with Gasteiger partial charge in [-0.15, -0.1) is 0 Å². The summed E-state index contributed by atoms with van der Waals surface area (Å²) in [6.45, 7) is 4.16. The van der Waals surface area contributed by atoms with Crippen LogP contribution in [0.15, 0.2) is 22.6 Å². The minimum atomic E-state index is -3.97. The number of carbonyl (C=O) groups is 1. The molecule has 1 saturated carbocycles. The fraction of sp³-hybridized carbons (Fsp3) is 0.680. The number of amides is 1. The molecule has 4 rings (SSSR count). The lowest BCUT2D eigenvalue weighted by Crippen LogP contribution is -2.50. The lowest BCUT2D eigenvalue weighted by molar-refractivity contribution is -0.138. The summed E-state index contributed by atoms with van der Waals surface area (Å²) >= 11 is 0. The van der Waals surface area contributed by atoms with E-state index in [1.165, 1.54) is 14.8 Å². The molecule has 2 heterocycles. The molecule has 1 saturated heterocycles. The lowest BCUT2D eigenvalue weighted by atomic mass is 9.90. The summed E-state index contributed by atoms with van der Waals surface area (Å²) in [6.07, 6.45) is 4.81. The first-order chi connectivity index (χ1) is 16.0. The van der Waals surface area contributed by atoms with Gasteiger partial charge in [0.05, 0.1) is 5.69 Å². The molecule has 1 amide bonds. The van der Waals surface area contributed by atoms with Crippen molar-refractivity contribution in [2.75, 3.05) is 13.6 Å². The van der Waals surface area contributed by atoms with Gasteiger partial charge in [-0.1, -0.05) is 5.57 Å². The summed E-state index contributed by atoms with van der Waals surface area (Å²) in [5.74, 6) is -2.98. The van der Waals surface area contributed by atoms with E-state index >= 15 is 0 Å². The van der Waals surface area contributed by atoms with Crippen LogP contribution >= 0.6 is 0 Å². The smallest absolute Gasteiger partial charge is 0.248 e. The predicted octanol–water partition coefficient (Wildman–Crippen LogP) is 4.93. The van der Waals surface area contributed by atoms with Gasteiger partial charge in [0.2, 0.25) is 21.9 Å². The Kier molecular flexibility index (Phi) is 7.16. The molecule has 188 valence electrons. The van der Waals surface area contributed by atoms with Gasteiger partial charge in [0.1, 0.15) is 10.9 Å². The van der Waals surface area contributed by atoms with Gasteiger partial charge in [-0.3, -0.25) is 9.78 Å². The second kappa shape index (κ2) is 9.64. The van der Waals surface area contributed by atoms with Crippen LogP contribution in [0.5, 0.6) is 0 Å². The first kappa shape index (κ1) is 25.2. The Morgan fingerprint density at radius 3 is 2.44 bits per heavy atom. The number of alkyl halides is 2. The number of allylic oxidation sites excluding steroid dienone is 2. The van der Waals surface area contributed by atoms with Crippen molar-refractivity contribution in [2.24, 2.45) is 0 Å². The summed E-state index contributed by atoms with van der Waals surface area (Å²) in [4.78, 5) is 19.7. The number of pyridine rings is 1. The summed E-state index contributed by atoms with van der Waals surface area (Å²) in [7, 11) is -2.35. The fourth-order valence-electron chi connectivity index (χ4n) is 5.57. The predicted molar refractivity (Wildman–Crippen MR) is 127 cm³/mol. The summed E-state index contributed by atoms with van der Waals surface area (Å²) in [6, 6.07) is 2.22. The van der Waals surface area contributed by atoms with Crippen molar-refractivity contribution in [2.45, 2.75) is 101 Å². The number of sulfonamides is 1. The molecular weight excluding hydrogens is 460 g/mol. The fourth-order valence-corrected chi connectivity index (χ4v) is 7.38. The molecule has 6 nitrogen and oxygen atoms in total. The topological polar surface area (TPSA) is 70.6 Å². The molecule has 0 bridgehead atoms. The van der Waals surface area contributed by atoms with Crippen LogP contribution in [0.1, 0.15) is 82.5 Å². The number of likely N-dealkylation sites (N-methyl/N-ethyl adjacent to an activating group) is 1. The van der Waals surface area contributed by atoms with E-state index in [1.54, 1.807) is 19.2 Å².